The number of benzene rings is 8. The van der Waals surface area contributed by atoms with Gasteiger partial charge in [-0.15, -0.1) is 0 Å². The number of nitrogens with zero attached hydrogens (tertiary/aromatic N) is 3. The Balaban J connectivity index is 1.08. The van der Waals surface area contributed by atoms with Gasteiger partial charge < -0.3 is 14.7 Å². The SMILES string of the molecule is CC1(C)c2cccc3c2N2c4c1cc(-c1ccc(N(C5=CC=CCC5)c5ccccc5)cc1)cc4C(C)(C)c1cc(N(c4ccccc4)c4cccc5ccccc45)cc(c12)C3(C)C. The molecule has 0 N–H and O–H groups in total. The lowest BCUT2D eigenvalue weighted by atomic mass is 9.60. The first-order valence-corrected chi connectivity index (χ1v) is 23.0. The van der Waals surface area contributed by atoms with Gasteiger partial charge in [-0.05, 0) is 136 Å². The van der Waals surface area contributed by atoms with Crippen molar-refractivity contribution in [2.24, 2.45) is 0 Å². The highest BCUT2D eigenvalue weighted by Gasteiger charge is 2.52. The molecule has 0 unspecified atom stereocenters. The van der Waals surface area contributed by atoms with Crippen LogP contribution in [0.2, 0.25) is 0 Å². The number of rotatable bonds is 7. The number of para-hydroxylation sites is 3. The maximum Gasteiger partial charge on any atom is 0.0545 e. The van der Waals surface area contributed by atoms with Crippen molar-refractivity contribution < 1.29 is 0 Å². The average Bonchev–Trinajstić information content (AvgIpc) is 3.32. The van der Waals surface area contributed by atoms with E-state index in [1.807, 2.05) is 0 Å². The molecule has 0 saturated heterocycles. The Morgan fingerprint density at radius 3 is 1.53 bits per heavy atom. The lowest BCUT2D eigenvalue weighted by Gasteiger charge is -2.55. The highest BCUT2D eigenvalue weighted by Crippen LogP contribution is 2.67. The molecule has 4 aliphatic rings. The van der Waals surface area contributed by atoms with Gasteiger partial charge in [0.1, 0.15) is 0 Å². The molecule has 3 heterocycles. The largest absolute Gasteiger partial charge is 0.314 e. The molecular weight excluding hydrogens is 775 g/mol. The van der Waals surface area contributed by atoms with Crippen LogP contribution in [0.4, 0.5) is 45.5 Å². The molecule has 8 aromatic carbocycles. The summed E-state index contributed by atoms with van der Waals surface area (Å²) in [6.07, 6.45) is 8.79. The summed E-state index contributed by atoms with van der Waals surface area (Å²) in [6, 6.07) is 63.7. The van der Waals surface area contributed by atoms with Gasteiger partial charge in [0.15, 0.2) is 0 Å². The third-order valence-electron chi connectivity index (χ3n) is 15.0. The normalized spacial score (nSPS) is 16.5. The Morgan fingerprint density at radius 2 is 0.922 bits per heavy atom. The molecule has 0 amide bonds. The number of allylic oxidation sites excluding steroid dienone is 4. The molecule has 0 radical (unpaired) electrons. The fraction of sp³-hybridized carbons (Fsp3) is 0.180. The van der Waals surface area contributed by atoms with E-state index in [1.54, 1.807) is 0 Å². The molecule has 0 fully saturated rings. The average molecular weight is 828 g/mol. The Hall–Kier alpha value is -7.10. The van der Waals surface area contributed by atoms with Gasteiger partial charge in [0.25, 0.3) is 0 Å². The highest BCUT2D eigenvalue weighted by molar-refractivity contribution is 6.02. The Kier molecular flexibility index (Phi) is 8.41. The van der Waals surface area contributed by atoms with Crippen LogP contribution in [0.15, 0.2) is 194 Å². The molecule has 0 aromatic heterocycles. The summed E-state index contributed by atoms with van der Waals surface area (Å²) in [7, 11) is 0. The summed E-state index contributed by atoms with van der Waals surface area (Å²) in [5.41, 5.74) is 21.1. The minimum atomic E-state index is -0.335. The minimum Gasteiger partial charge on any atom is -0.314 e. The molecule has 1 aliphatic carbocycles. The van der Waals surface area contributed by atoms with Crippen LogP contribution < -0.4 is 14.7 Å². The van der Waals surface area contributed by atoms with Gasteiger partial charge in [0, 0.05) is 50.1 Å². The number of fused-ring (bicyclic) bond motifs is 1. The minimum absolute atomic E-state index is 0.230. The summed E-state index contributed by atoms with van der Waals surface area (Å²) in [5.74, 6) is 0. The molecule has 8 aromatic rings. The van der Waals surface area contributed by atoms with Crippen LogP contribution in [-0.4, -0.2) is 0 Å². The molecule has 0 spiro atoms. The smallest absolute Gasteiger partial charge is 0.0545 e. The summed E-state index contributed by atoms with van der Waals surface area (Å²) in [5, 5.41) is 2.47. The van der Waals surface area contributed by atoms with E-state index in [4.69, 9.17) is 0 Å². The maximum atomic E-state index is 2.69. The summed E-state index contributed by atoms with van der Waals surface area (Å²) in [4.78, 5) is 7.60. The van der Waals surface area contributed by atoms with Crippen molar-refractivity contribution in [3.63, 3.8) is 0 Å². The summed E-state index contributed by atoms with van der Waals surface area (Å²) in [6.45, 7) is 14.7. The van der Waals surface area contributed by atoms with E-state index < -0.39 is 0 Å². The topological polar surface area (TPSA) is 9.72 Å². The molecular formula is C61H53N3. The second kappa shape index (κ2) is 13.9. The molecule has 3 aliphatic heterocycles. The number of anilines is 8. The molecule has 0 saturated carbocycles. The van der Waals surface area contributed by atoms with E-state index in [2.05, 4.69) is 244 Å². The zero-order valence-electron chi connectivity index (χ0n) is 37.7. The van der Waals surface area contributed by atoms with Gasteiger partial charge in [-0.2, -0.15) is 0 Å². The molecule has 0 atom stereocenters. The zero-order valence-corrected chi connectivity index (χ0v) is 37.7. The van der Waals surface area contributed by atoms with Crippen molar-refractivity contribution in [2.45, 2.75) is 70.6 Å². The van der Waals surface area contributed by atoms with Crippen LogP contribution in [0.5, 0.6) is 0 Å². The highest BCUT2D eigenvalue weighted by atomic mass is 15.2. The first-order chi connectivity index (χ1) is 31.0. The van der Waals surface area contributed by atoms with E-state index in [1.165, 1.54) is 101 Å². The van der Waals surface area contributed by atoms with Crippen molar-refractivity contribution >= 4 is 56.3 Å². The second-order valence-corrected chi connectivity index (χ2v) is 19.7. The molecule has 12 rings (SSSR count). The predicted octanol–water partition coefficient (Wildman–Crippen LogP) is 16.7. The van der Waals surface area contributed by atoms with Gasteiger partial charge in [-0.25, -0.2) is 0 Å². The van der Waals surface area contributed by atoms with Crippen molar-refractivity contribution in [2.75, 3.05) is 14.7 Å². The van der Waals surface area contributed by atoms with Crippen molar-refractivity contribution in [3.8, 4) is 11.1 Å². The van der Waals surface area contributed by atoms with E-state index in [0.717, 1.165) is 18.5 Å². The van der Waals surface area contributed by atoms with Crippen LogP contribution in [-0.2, 0) is 16.2 Å². The second-order valence-electron chi connectivity index (χ2n) is 19.7. The number of hydrogen-bond donors (Lipinski definition) is 0. The fourth-order valence-electron chi connectivity index (χ4n) is 11.5. The molecule has 3 nitrogen and oxygen atoms in total. The van der Waals surface area contributed by atoms with Crippen molar-refractivity contribution in [1.82, 2.24) is 0 Å². The number of hydrogen-bond acceptors (Lipinski definition) is 3. The molecule has 312 valence electrons. The van der Waals surface area contributed by atoms with Crippen LogP contribution in [0.25, 0.3) is 21.9 Å². The maximum absolute atomic E-state index is 2.69. The Bertz CT molecular complexity index is 3240. The van der Waals surface area contributed by atoms with Crippen LogP contribution in [0, 0.1) is 0 Å². The summed E-state index contributed by atoms with van der Waals surface area (Å²) >= 11 is 0. The van der Waals surface area contributed by atoms with Gasteiger partial charge in [-0.3, -0.25) is 0 Å². The standard InChI is InChI=1S/C61H53N3/c1-59(2)49-29-19-30-50-56(49)64-57-51(59)36-42(40-32-34-46(35-33-40)62(43-22-10-7-11-23-43)44-24-12-8-13-25-44)37-52(57)61(5,6)54-39-47(38-53(58(54)64)60(50,3)4)63(45-26-14-9-15-27-45)55-31-18-21-41-20-16-17-28-48(41)55/h7-12,14-24,26-39H,13,25H2,1-6H3. The van der Waals surface area contributed by atoms with Gasteiger partial charge in [0.2, 0.25) is 0 Å². The van der Waals surface area contributed by atoms with E-state index >= 15 is 0 Å². The van der Waals surface area contributed by atoms with Crippen LogP contribution >= 0.6 is 0 Å². The van der Waals surface area contributed by atoms with Gasteiger partial charge in [0.05, 0.1) is 22.7 Å². The van der Waals surface area contributed by atoms with E-state index in [9.17, 15) is 0 Å². The third kappa shape index (κ3) is 5.53. The lowest BCUT2D eigenvalue weighted by Crippen LogP contribution is -2.43. The first-order valence-electron chi connectivity index (χ1n) is 23.0. The third-order valence-corrected chi connectivity index (χ3v) is 15.0. The van der Waals surface area contributed by atoms with E-state index in [-0.39, 0.29) is 16.2 Å². The molecule has 64 heavy (non-hydrogen) atoms. The Labute approximate surface area is 378 Å². The van der Waals surface area contributed by atoms with Gasteiger partial charge in [-0.1, -0.05) is 157 Å². The van der Waals surface area contributed by atoms with Crippen LogP contribution in [0.1, 0.15) is 87.8 Å². The fourth-order valence-corrected chi connectivity index (χ4v) is 11.5. The quantitative estimate of drug-likeness (QED) is 0.158. The van der Waals surface area contributed by atoms with Gasteiger partial charge >= 0.3 is 0 Å². The van der Waals surface area contributed by atoms with Crippen molar-refractivity contribution in [3.05, 3.63) is 227 Å². The predicted molar refractivity (Wildman–Crippen MR) is 270 cm³/mol. The monoisotopic (exact) mass is 827 g/mol. The zero-order chi connectivity index (χ0) is 43.5. The van der Waals surface area contributed by atoms with Crippen molar-refractivity contribution in [1.29, 1.82) is 0 Å². The molecule has 0 bridgehead atoms. The first kappa shape index (κ1) is 38.6. The summed E-state index contributed by atoms with van der Waals surface area (Å²) < 4.78 is 0. The van der Waals surface area contributed by atoms with E-state index in [0.29, 0.717) is 0 Å². The Morgan fingerprint density at radius 1 is 0.422 bits per heavy atom. The molecule has 3 heteroatoms. The van der Waals surface area contributed by atoms with Crippen LogP contribution in [0.3, 0.4) is 0 Å². The lowest BCUT2D eigenvalue weighted by molar-refractivity contribution is 0.567.